The highest BCUT2D eigenvalue weighted by Crippen LogP contribution is 2.54. The lowest BCUT2D eigenvalue weighted by Gasteiger charge is -2.45. The van der Waals surface area contributed by atoms with Crippen molar-refractivity contribution in [3.05, 3.63) is 92.7 Å². The van der Waals surface area contributed by atoms with Crippen molar-refractivity contribution in [3.8, 4) is 22.8 Å². The van der Waals surface area contributed by atoms with Crippen molar-refractivity contribution >= 4 is 34.8 Å². The molecule has 1 aromatic carbocycles. The van der Waals surface area contributed by atoms with Gasteiger partial charge >= 0.3 is 5.97 Å². The summed E-state index contributed by atoms with van der Waals surface area (Å²) in [5.74, 6) is 1.11. The fourth-order valence-electron chi connectivity index (χ4n) is 10.1. The number of esters is 1. The minimum atomic E-state index is -1.12. The Morgan fingerprint density at radius 2 is 1.94 bits per heavy atom. The predicted molar refractivity (Wildman–Crippen MR) is 237 cm³/mol. The van der Waals surface area contributed by atoms with Crippen molar-refractivity contribution in [1.29, 1.82) is 0 Å². The quantitative estimate of drug-likeness (QED) is 0.0632. The van der Waals surface area contributed by atoms with E-state index in [1.807, 2.05) is 33.2 Å². The molecule has 9 rings (SSSR count). The molecule has 14 nitrogen and oxygen atoms in total. The number of carbonyl (C=O) groups is 1. The largest absolute Gasteiger partial charge is 0.507 e. The third-order valence-electron chi connectivity index (χ3n) is 13.2. The van der Waals surface area contributed by atoms with Crippen LogP contribution in [0.15, 0.2) is 74.1 Å². The Morgan fingerprint density at radius 1 is 1.08 bits per heavy atom. The van der Waals surface area contributed by atoms with E-state index in [2.05, 4.69) is 53.0 Å². The van der Waals surface area contributed by atoms with E-state index in [1.54, 1.807) is 13.0 Å². The maximum absolute atomic E-state index is 14.5. The number of anilines is 2. The topological polar surface area (TPSA) is 191 Å². The number of nitrogens with two attached hydrogens (primary N) is 1. The Hall–Kier alpha value is -5.57. The van der Waals surface area contributed by atoms with E-state index >= 15 is 0 Å². The highest BCUT2D eigenvalue weighted by Gasteiger charge is 2.65. The molecule has 0 bridgehead atoms. The van der Waals surface area contributed by atoms with Crippen molar-refractivity contribution < 1.29 is 33.4 Å². The molecule has 62 heavy (non-hydrogen) atoms. The number of aromatic hydroxyl groups is 1. The monoisotopic (exact) mass is 844 g/mol. The van der Waals surface area contributed by atoms with Crippen LogP contribution < -0.4 is 31.4 Å². The summed E-state index contributed by atoms with van der Waals surface area (Å²) in [7, 11) is 1.91. The molecule has 3 aromatic heterocycles. The van der Waals surface area contributed by atoms with Crippen LogP contribution in [-0.4, -0.2) is 77.4 Å². The standard InChI is InChI=1S/C48H57N7O7/c1-6-7-8-14-52-41-21-31(20-32(53-41)25-55-24-30-12-15-51-35(30)26-55)34-18-28(19-40(49)54-34)9-10-39-48(62-39)13-11-29(23-50-5)17-33-42-38(61-47(3,4)45(33)60-46(48)58)22-37-43(44(42)57)36(56)16-27(2)59-37/h12,15-16,18-22,26,29,33,39,45,50,57H,6-11,13-14,17,23-25H2,1-5H3,(H2,49,54)(H,52,53)/p+1/t29-,33-,39-,45-,48+/m1/s1. The van der Waals surface area contributed by atoms with Gasteiger partial charge in [-0.05, 0) is 115 Å². The number of quaternary nitrogens is 1. The Balaban J connectivity index is 0.954. The number of pyridine rings is 2. The first kappa shape index (κ1) is 41.8. The molecule has 1 unspecified atom stereocenters. The van der Waals surface area contributed by atoms with E-state index in [9.17, 15) is 14.7 Å². The molecule has 8 heterocycles. The number of rotatable bonds is 13. The summed E-state index contributed by atoms with van der Waals surface area (Å²) in [4.78, 5) is 43.2. The van der Waals surface area contributed by atoms with E-state index < -0.39 is 29.2 Å². The van der Waals surface area contributed by atoms with Gasteiger partial charge in [-0.2, -0.15) is 0 Å². The van der Waals surface area contributed by atoms with Crippen LogP contribution in [0.1, 0.15) is 94.2 Å². The molecule has 0 aliphatic carbocycles. The molecule has 5 aliphatic heterocycles. The molecule has 326 valence electrons. The molecular formula is C48H58N7O7+. The molecule has 2 fully saturated rings. The van der Waals surface area contributed by atoms with Gasteiger partial charge in [0.25, 0.3) is 0 Å². The first-order chi connectivity index (χ1) is 29.8. The van der Waals surface area contributed by atoms with Crippen molar-refractivity contribution in [3.63, 3.8) is 0 Å². The van der Waals surface area contributed by atoms with Crippen LogP contribution in [0.5, 0.6) is 11.5 Å². The van der Waals surface area contributed by atoms with E-state index in [-0.39, 0.29) is 34.2 Å². The highest BCUT2D eigenvalue weighted by atomic mass is 16.7. The normalized spacial score (nSPS) is 25.8. The van der Waals surface area contributed by atoms with E-state index in [0.29, 0.717) is 68.1 Å². The molecule has 6 N–H and O–H groups in total. The zero-order chi connectivity index (χ0) is 43.3. The SMILES string of the molecule is CCCCCNc1cc(-c2cc(CC[C@H]3O[C@@]34CC[C@@H](CNC)C[C@@H]3c5c(cc6oc(C)cc(=O)c6c5O)OC(C)(C)[C@@H]3OC4=O)cc(N)n2)cc(C[NH+]2C=C3N=CC=C3C2)n1. The molecule has 5 aliphatic rings. The lowest BCUT2D eigenvalue weighted by molar-refractivity contribution is -0.852. The van der Waals surface area contributed by atoms with Gasteiger partial charge in [-0.25, -0.2) is 14.8 Å². The van der Waals surface area contributed by atoms with Crippen LogP contribution >= 0.6 is 0 Å². The summed E-state index contributed by atoms with van der Waals surface area (Å²) in [5, 5.41) is 18.7. The number of hydrogen-bond acceptors (Lipinski definition) is 13. The van der Waals surface area contributed by atoms with Crippen LogP contribution in [0.4, 0.5) is 11.6 Å². The van der Waals surface area contributed by atoms with Gasteiger partial charge in [-0.3, -0.25) is 14.7 Å². The second-order valence-electron chi connectivity index (χ2n) is 18.3. The van der Waals surface area contributed by atoms with Gasteiger partial charge in [0, 0.05) is 47.5 Å². The van der Waals surface area contributed by atoms with Gasteiger partial charge in [0.15, 0.2) is 11.0 Å². The number of benzene rings is 1. The lowest BCUT2D eigenvalue weighted by atomic mass is 9.75. The van der Waals surface area contributed by atoms with Crippen molar-refractivity contribution in [2.24, 2.45) is 10.9 Å². The van der Waals surface area contributed by atoms with Crippen LogP contribution in [0.25, 0.3) is 22.2 Å². The second-order valence-corrected chi connectivity index (χ2v) is 18.3. The Bertz CT molecular complexity index is 2560. The number of aryl methyl sites for hydroxylation is 2. The number of hydrogen-bond donors (Lipinski definition) is 5. The van der Waals surface area contributed by atoms with Crippen molar-refractivity contribution in [2.75, 3.05) is 37.7 Å². The summed E-state index contributed by atoms with van der Waals surface area (Å²) >= 11 is 0. The summed E-state index contributed by atoms with van der Waals surface area (Å²) in [6.07, 6.45) is 11.3. The molecule has 1 spiro atoms. The average molecular weight is 845 g/mol. The maximum Gasteiger partial charge on any atom is 0.341 e. The van der Waals surface area contributed by atoms with Gasteiger partial charge in [0.05, 0.1) is 17.5 Å². The third-order valence-corrected chi connectivity index (χ3v) is 13.2. The molecule has 4 aromatic rings. The fourth-order valence-corrected chi connectivity index (χ4v) is 10.1. The fraction of sp³-hybridized carbons (Fsp3) is 0.479. The van der Waals surface area contributed by atoms with Crippen molar-refractivity contribution in [2.45, 2.75) is 115 Å². The van der Waals surface area contributed by atoms with Crippen LogP contribution in [-0.2, 0) is 27.2 Å². The number of fused-ring (bicyclic) bond motifs is 5. The van der Waals surface area contributed by atoms with Crippen molar-refractivity contribution in [1.82, 2.24) is 15.3 Å². The number of unbranched alkanes of at least 4 members (excludes halogenated alkanes) is 2. The number of aliphatic imine (C=N–C) groups is 1. The highest BCUT2D eigenvalue weighted by molar-refractivity contribution is 5.88. The van der Waals surface area contributed by atoms with Crippen LogP contribution in [0.3, 0.4) is 0 Å². The van der Waals surface area contributed by atoms with E-state index in [0.717, 1.165) is 66.4 Å². The molecule has 2 saturated heterocycles. The summed E-state index contributed by atoms with van der Waals surface area (Å²) in [6.45, 7) is 10.8. The van der Waals surface area contributed by atoms with E-state index in [4.69, 9.17) is 34.3 Å². The number of epoxide rings is 1. The van der Waals surface area contributed by atoms with E-state index in [1.165, 1.54) is 16.5 Å². The molecule has 0 radical (unpaired) electrons. The number of aromatic nitrogens is 2. The van der Waals surface area contributed by atoms with Crippen LogP contribution in [0, 0.1) is 12.8 Å². The predicted octanol–water partition coefficient (Wildman–Crippen LogP) is 5.66. The summed E-state index contributed by atoms with van der Waals surface area (Å²) in [6, 6.07) is 11.2. The molecule has 0 amide bonds. The van der Waals surface area contributed by atoms with Crippen LogP contribution in [0.2, 0.25) is 0 Å². The first-order valence-corrected chi connectivity index (χ1v) is 22.2. The number of carbonyl (C=O) groups excluding carboxylic acids is 1. The molecule has 0 saturated carbocycles. The number of phenolic OH excluding ortho intramolecular Hbond substituents is 1. The zero-order valence-corrected chi connectivity index (χ0v) is 36.3. The minimum absolute atomic E-state index is 0.0927. The molecule has 6 atom stereocenters. The minimum Gasteiger partial charge on any atom is -0.507 e. The molecule has 14 heteroatoms. The summed E-state index contributed by atoms with van der Waals surface area (Å²) < 4.78 is 25.3. The van der Waals surface area contributed by atoms with Gasteiger partial charge in [-0.15, -0.1) is 0 Å². The van der Waals surface area contributed by atoms with Gasteiger partial charge in [-0.1, -0.05) is 19.8 Å². The first-order valence-electron chi connectivity index (χ1n) is 22.2. The maximum atomic E-state index is 14.5. The number of allylic oxidation sites excluding steroid dienone is 1. The van der Waals surface area contributed by atoms with Gasteiger partial charge in [0.1, 0.15) is 76.6 Å². The van der Waals surface area contributed by atoms with Gasteiger partial charge in [0.2, 0.25) is 0 Å². The second kappa shape index (κ2) is 16.6. The Labute approximate surface area is 361 Å². The number of nitrogens with zero attached hydrogens (tertiary/aromatic N) is 3. The Kier molecular flexibility index (Phi) is 11.2. The smallest absolute Gasteiger partial charge is 0.341 e. The average Bonchev–Trinajstić information content (AvgIpc) is 3.52. The zero-order valence-electron chi connectivity index (χ0n) is 36.3. The lowest BCUT2D eigenvalue weighted by Crippen LogP contribution is -3.04. The number of nitrogen functional groups attached to an aromatic ring is 1. The Morgan fingerprint density at radius 3 is 2.74 bits per heavy atom. The number of phenols is 1. The van der Waals surface area contributed by atoms with Gasteiger partial charge < -0.3 is 40.1 Å². The number of ether oxygens (including phenoxy) is 3. The third kappa shape index (κ3) is 8.11. The molecular weight excluding hydrogens is 787 g/mol. The summed E-state index contributed by atoms with van der Waals surface area (Å²) in [5.41, 5.74) is 10.7. The number of nitrogens with one attached hydrogen (secondary N) is 3.